The molecule has 0 aliphatic carbocycles. The fourth-order valence-corrected chi connectivity index (χ4v) is 2.63. The van der Waals surface area contributed by atoms with Gasteiger partial charge >= 0.3 is 0 Å². The quantitative estimate of drug-likeness (QED) is 0.910. The Kier molecular flexibility index (Phi) is 4.04. The zero-order valence-corrected chi connectivity index (χ0v) is 12.1. The van der Waals surface area contributed by atoms with E-state index in [2.05, 4.69) is 10.3 Å². The molecule has 0 unspecified atom stereocenters. The van der Waals surface area contributed by atoms with E-state index in [0.29, 0.717) is 6.54 Å². The van der Waals surface area contributed by atoms with Gasteiger partial charge in [-0.3, -0.25) is 4.79 Å². The van der Waals surface area contributed by atoms with Crippen molar-refractivity contribution in [2.75, 3.05) is 12.3 Å². The van der Waals surface area contributed by atoms with Crippen LogP contribution in [0.2, 0.25) is 0 Å². The summed E-state index contributed by atoms with van der Waals surface area (Å²) in [5.74, 6) is -0.973. The number of pyridine rings is 1. The van der Waals surface area contributed by atoms with Crippen LogP contribution in [0, 0.1) is 5.82 Å². The van der Waals surface area contributed by atoms with Crippen molar-refractivity contribution >= 4 is 23.1 Å². The second-order valence-corrected chi connectivity index (χ2v) is 6.08. The van der Waals surface area contributed by atoms with Crippen molar-refractivity contribution in [3.8, 4) is 0 Å². The highest BCUT2D eigenvalue weighted by Crippen LogP contribution is 2.26. The van der Waals surface area contributed by atoms with Crippen LogP contribution in [0.25, 0.3) is 0 Å². The monoisotopic (exact) mass is 293 g/mol. The molecule has 2 aromatic heterocycles. The van der Waals surface area contributed by atoms with Gasteiger partial charge in [0, 0.05) is 16.8 Å². The molecular formula is C14H16FN3OS. The number of nitrogens with two attached hydrogens (primary N) is 1. The van der Waals surface area contributed by atoms with Crippen LogP contribution in [0.5, 0.6) is 0 Å². The number of nitrogen functional groups attached to an aromatic ring is 1. The number of nitrogens with one attached hydrogen (secondary N) is 1. The van der Waals surface area contributed by atoms with Crippen molar-refractivity contribution in [1.82, 2.24) is 10.3 Å². The molecule has 3 N–H and O–H groups in total. The Labute approximate surface area is 120 Å². The van der Waals surface area contributed by atoms with Gasteiger partial charge in [-0.15, -0.1) is 11.3 Å². The average Bonchev–Trinajstić information content (AvgIpc) is 2.93. The highest BCUT2D eigenvalue weighted by Gasteiger charge is 2.23. The number of anilines is 1. The van der Waals surface area contributed by atoms with E-state index in [1.165, 1.54) is 4.88 Å². The lowest BCUT2D eigenvalue weighted by Gasteiger charge is -2.23. The first-order valence-electron chi connectivity index (χ1n) is 6.13. The van der Waals surface area contributed by atoms with E-state index in [0.717, 1.165) is 12.3 Å². The highest BCUT2D eigenvalue weighted by molar-refractivity contribution is 7.10. The molecule has 4 nitrogen and oxygen atoms in total. The molecule has 0 radical (unpaired) electrons. The normalized spacial score (nSPS) is 11.3. The van der Waals surface area contributed by atoms with Crippen LogP contribution in [-0.4, -0.2) is 17.4 Å². The van der Waals surface area contributed by atoms with Crippen LogP contribution in [-0.2, 0) is 5.41 Å². The average molecular weight is 293 g/mol. The van der Waals surface area contributed by atoms with Gasteiger partial charge in [0.05, 0.1) is 11.8 Å². The molecule has 0 atom stereocenters. The minimum absolute atomic E-state index is 0.0258. The van der Waals surface area contributed by atoms with Gasteiger partial charge in [-0.05, 0) is 17.5 Å². The first kappa shape index (κ1) is 14.5. The summed E-state index contributed by atoms with van der Waals surface area (Å²) in [6.07, 6.45) is 0.988. The number of carbonyl (C=O) groups excluding carboxylic acids is 1. The summed E-state index contributed by atoms with van der Waals surface area (Å²) >= 11 is 1.63. The van der Waals surface area contributed by atoms with Crippen LogP contribution in [0.1, 0.15) is 29.1 Å². The molecule has 106 valence electrons. The third-order valence-corrected chi connectivity index (χ3v) is 4.24. The van der Waals surface area contributed by atoms with Crippen molar-refractivity contribution in [3.05, 3.63) is 46.0 Å². The van der Waals surface area contributed by atoms with Crippen LogP contribution in [0.15, 0.2) is 29.8 Å². The summed E-state index contributed by atoms with van der Waals surface area (Å²) in [6, 6.07) is 5.09. The Balaban J connectivity index is 2.07. The maximum Gasteiger partial charge on any atom is 0.255 e. The largest absolute Gasteiger partial charge is 0.383 e. The molecule has 2 aromatic rings. The minimum Gasteiger partial charge on any atom is -0.383 e. The zero-order chi connectivity index (χ0) is 14.8. The number of aromatic nitrogens is 1. The number of hydrogen-bond donors (Lipinski definition) is 2. The molecular weight excluding hydrogens is 277 g/mol. The van der Waals surface area contributed by atoms with Crippen molar-refractivity contribution in [1.29, 1.82) is 0 Å². The summed E-state index contributed by atoms with van der Waals surface area (Å²) in [5, 5.41) is 4.77. The molecule has 0 aromatic carbocycles. The zero-order valence-electron chi connectivity index (χ0n) is 11.3. The molecule has 0 saturated heterocycles. The van der Waals surface area contributed by atoms with Gasteiger partial charge in [0.1, 0.15) is 11.6 Å². The summed E-state index contributed by atoms with van der Waals surface area (Å²) in [4.78, 5) is 16.8. The van der Waals surface area contributed by atoms with Gasteiger partial charge in [-0.2, -0.15) is 0 Å². The summed E-state index contributed by atoms with van der Waals surface area (Å²) in [5.41, 5.74) is 5.45. The number of thiophene rings is 1. The van der Waals surface area contributed by atoms with Crippen LogP contribution < -0.4 is 11.1 Å². The maximum absolute atomic E-state index is 13.1. The van der Waals surface area contributed by atoms with Crippen LogP contribution >= 0.6 is 11.3 Å². The Morgan fingerprint density at radius 2 is 2.30 bits per heavy atom. The van der Waals surface area contributed by atoms with E-state index in [9.17, 15) is 9.18 Å². The fraction of sp³-hybridized carbons (Fsp3) is 0.286. The second kappa shape index (κ2) is 5.58. The number of nitrogens with zero attached hydrogens (tertiary/aromatic N) is 1. The molecule has 0 spiro atoms. The topological polar surface area (TPSA) is 68.0 Å². The number of halogens is 1. The Morgan fingerprint density at radius 3 is 2.95 bits per heavy atom. The molecule has 0 saturated carbocycles. The third-order valence-electron chi connectivity index (χ3n) is 3.01. The second-order valence-electron chi connectivity index (χ2n) is 5.13. The van der Waals surface area contributed by atoms with E-state index in [1.807, 2.05) is 31.4 Å². The smallest absolute Gasteiger partial charge is 0.255 e. The van der Waals surface area contributed by atoms with Gasteiger partial charge in [-0.25, -0.2) is 9.37 Å². The van der Waals surface area contributed by atoms with E-state index < -0.39 is 11.7 Å². The van der Waals surface area contributed by atoms with Gasteiger partial charge < -0.3 is 11.1 Å². The fourth-order valence-electron chi connectivity index (χ4n) is 1.78. The van der Waals surface area contributed by atoms with E-state index in [1.54, 1.807) is 11.3 Å². The molecule has 0 aliphatic heterocycles. The SMILES string of the molecule is CC(C)(CNC(=O)c1cc(F)cnc1N)c1cccs1. The van der Waals surface area contributed by atoms with Crippen LogP contribution in [0.3, 0.4) is 0 Å². The summed E-state index contributed by atoms with van der Waals surface area (Å²) < 4.78 is 13.1. The first-order valence-corrected chi connectivity index (χ1v) is 7.01. The maximum atomic E-state index is 13.1. The number of carbonyl (C=O) groups is 1. The predicted octanol–water partition coefficient (Wildman–Crippen LogP) is 2.57. The molecule has 0 aliphatic rings. The molecule has 2 heterocycles. The number of rotatable bonds is 4. The molecule has 6 heteroatoms. The standard InChI is InChI=1S/C14H16FN3OS/c1-14(2,11-4-3-5-20-11)8-18-13(19)10-6-9(15)7-17-12(10)16/h3-7H,8H2,1-2H3,(H2,16,17)(H,18,19). The molecule has 20 heavy (non-hydrogen) atoms. The molecule has 0 fully saturated rings. The summed E-state index contributed by atoms with van der Waals surface area (Å²) in [7, 11) is 0. The van der Waals surface area contributed by atoms with Gasteiger partial charge in [0.15, 0.2) is 0 Å². The van der Waals surface area contributed by atoms with E-state index in [-0.39, 0.29) is 16.8 Å². The highest BCUT2D eigenvalue weighted by atomic mass is 32.1. The van der Waals surface area contributed by atoms with Gasteiger partial charge in [0.2, 0.25) is 0 Å². The van der Waals surface area contributed by atoms with E-state index >= 15 is 0 Å². The third kappa shape index (κ3) is 3.14. The van der Waals surface area contributed by atoms with Crippen LogP contribution in [0.4, 0.5) is 10.2 Å². The van der Waals surface area contributed by atoms with Gasteiger partial charge in [0.25, 0.3) is 5.91 Å². The number of amides is 1. The van der Waals surface area contributed by atoms with Crippen molar-refractivity contribution in [2.24, 2.45) is 0 Å². The van der Waals surface area contributed by atoms with Gasteiger partial charge in [-0.1, -0.05) is 19.9 Å². The van der Waals surface area contributed by atoms with Crippen molar-refractivity contribution < 1.29 is 9.18 Å². The lowest BCUT2D eigenvalue weighted by molar-refractivity contribution is 0.0946. The predicted molar refractivity (Wildman–Crippen MR) is 78.3 cm³/mol. The summed E-state index contributed by atoms with van der Waals surface area (Å²) in [6.45, 7) is 4.50. The first-order chi connectivity index (χ1) is 9.40. The molecule has 2 rings (SSSR count). The Hall–Kier alpha value is -1.95. The van der Waals surface area contributed by atoms with Crippen molar-refractivity contribution in [3.63, 3.8) is 0 Å². The lowest BCUT2D eigenvalue weighted by atomic mass is 9.91. The minimum atomic E-state index is -0.582. The molecule has 1 amide bonds. The Morgan fingerprint density at radius 1 is 1.55 bits per heavy atom. The lowest BCUT2D eigenvalue weighted by Crippen LogP contribution is -2.36. The molecule has 0 bridgehead atoms. The van der Waals surface area contributed by atoms with Crippen molar-refractivity contribution in [2.45, 2.75) is 19.3 Å². The Bertz CT molecular complexity index is 611. The van der Waals surface area contributed by atoms with E-state index in [4.69, 9.17) is 5.73 Å². The number of hydrogen-bond acceptors (Lipinski definition) is 4.